The predicted octanol–water partition coefficient (Wildman–Crippen LogP) is 3.71. The van der Waals surface area contributed by atoms with E-state index in [4.69, 9.17) is 0 Å². The first-order valence-electron chi connectivity index (χ1n) is 7.51. The van der Waals surface area contributed by atoms with Gasteiger partial charge in [-0.25, -0.2) is 4.98 Å². The third kappa shape index (κ3) is 2.61. The molecule has 0 saturated heterocycles. The van der Waals surface area contributed by atoms with E-state index in [0.717, 1.165) is 25.0 Å². The zero-order chi connectivity index (χ0) is 14.2. The number of nitrogens with one attached hydrogen (secondary N) is 1. The molecular formula is C17H19N3S. The third-order valence-electron chi connectivity index (χ3n) is 4.16. The molecule has 0 unspecified atom stereocenters. The summed E-state index contributed by atoms with van der Waals surface area (Å²) >= 11 is 1.93. The number of benzene rings is 1. The number of rotatable bonds is 5. The quantitative estimate of drug-likeness (QED) is 0.778. The molecular weight excluding hydrogens is 278 g/mol. The summed E-state index contributed by atoms with van der Waals surface area (Å²) in [5.41, 5.74) is 1.45. The van der Waals surface area contributed by atoms with E-state index in [1.54, 1.807) is 0 Å². The van der Waals surface area contributed by atoms with Crippen molar-refractivity contribution in [1.82, 2.24) is 14.9 Å². The van der Waals surface area contributed by atoms with Crippen LogP contribution >= 0.6 is 11.3 Å². The molecule has 0 amide bonds. The Morgan fingerprint density at radius 2 is 2.19 bits per heavy atom. The Hall–Kier alpha value is -1.65. The van der Waals surface area contributed by atoms with Gasteiger partial charge in [-0.3, -0.25) is 0 Å². The Balaban J connectivity index is 1.72. The van der Waals surface area contributed by atoms with Gasteiger partial charge < -0.3 is 9.88 Å². The molecule has 2 aromatic heterocycles. The van der Waals surface area contributed by atoms with Gasteiger partial charge in [-0.2, -0.15) is 0 Å². The van der Waals surface area contributed by atoms with Crippen LogP contribution in [0.15, 0.2) is 36.7 Å². The molecule has 0 aliphatic heterocycles. The number of imidazole rings is 1. The van der Waals surface area contributed by atoms with Crippen LogP contribution in [-0.4, -0.2) is 15.6 Å². The molecule has 0 atom stereocenters. The number of aromatic nitrogens is 2. The van der Waals surface area contributed by atoms with Crippen LogP contribution in [0.5, 0.6) is 0 Å². The van der Waals surface area contributed by atoms with Crippen LogP contribution in [-0.2, 0) is 13.1 Å². The molecule has 3 aromatic rings. The highest BCUT2D eigenvalue weighted by molar-refractivity contribution is 7.19. The fourth-order valence-electron chi connectivity index (χ4n) is 2.73. The second-order valence-electron chi connectivity index (χ2n) is 5.76. The smallest absolute Gasteiger partial charge is 0.105 e. The summed E-state index contributed by atoms with van der Waals surface area (Å²) in [6, 6.07) is 9.48. The van der Waals surface area contributed by atoms with Gasteiger partial charge in [0.2, 0.25) is 0 Å². The molecule has 4 rings (SSSR count). The highest BCUT2D eigenvalue weighted by Crippen LogP contribution is 2.33. The lowest BCUT2D eigenvalue weighted by Gasteiger charge is -2.08. The number of fused-ring (bicyclic) bond motifs is 1. The van der Waals surface area contributed by atoms with Crippen LogP contribution in [0.2, 0.25) is 0 Å². The highest BCUT2D eigenvalue weighted by atomic mass is 32.1. The van der Waals surface area contributed by atoms with Crippen molar-refractivity contribution >= 4 is 21.4 Å². The normalized spacial score (nSPS) is 14.9. The zero-order valence-electron chi connectivity index (χ0n) is 12.2. The lowest BCUT2D eigenvalue weighted by Crippen LogP contribution is -2.16. The van der Waals surface area contributed by atoms with Crippen LogP contribution in [0.25, 0.3) is 10.1 Å². The average Bonchev–Trinajstić information content (AvgIpc) is 3.15. The lowest BCUT2D eigenvalue weighted by molar-refractivity contribution is 0.683. The molecule has 0 spiro atoms. The van der Waals surface area contributed by atoms with Gasteiger partial charge in [0.1, 0.15) is 5.82 Å². The minimum absolute atomic E-state index is 0.748. The summed E-state index contributed by atoms with van der Waals surface area (Å²) in [6.07, 6.45) is 6.62. The standard InChI is InChI=1S/C17H19N3S/c1-12-18-8-9-20(12)11-15-14-4-2-3-5-16(14)21-17(15)10-19-13-6-7-13/h2-5,8-9,13,19H,6-7,10-11H2,1H3. The highest BCUT2D eigenvalue weighted by Gasteiger charge is 2.21. The lowest BCUT2D eigenvalue weighted by atomic mass is 10.1. The van der Waals surface area contributed by atoms with Crippen molar-refractivity contribution in [3.8, 4) is 0 Å². The molecule has 1 aliphatic rings. The molecule has 3 nitrogen and oxygen atoms in total. The maximum atomic E-state index is 4.34. The second-order valence-corrected chi connectivity index (χ2v) is 6.89. The SMILES string of the molecule is Cc1nccn1Cc1c(CNC2CC2)sc2ccccc12. The van der Waals surface area contributed by atoms with Gasteiger partial charge in [0.05, 0.1) is 6.54 Å². The van der Waals surface area contributed by atoms with Crippen molar-refractivity contribution in [1.29, 1.82) is 0 Å². The molecule has 4 heteroatoms. The summed E-state index contributed by atoms with van der Waals surface area (Å²) in [5.74, 6) is 1.08. The molecule has 1 aliphatic carbocycles. The van der Waals surface area contributed by atoms with Crippen molar-refractivity contribution in [2.24, 2.45) is 0 Å². The minimum atomic E-state index is 0.748. The van der Waals surface area contributed by atoms with E-state index in [1.165, 1.54) is 33.4 Å². The van der Waals surface area contributed by atoms with Gasteiger partial charge in [0.15, 0.2) is 0 Å². The monoisotopic (exact) mass is 297 g/mol. The maximum absolute atomic E-state index is 4.34. The van der Waals surface area contributed by atoms with Gasteiger partial charge in [-0.15, -0.1) is 11.3 Å². The molecule has 0 bridgehead atoms. The number of hydrogen-bond donors (Lipinski definition) is 1. The summed E-state index contributed by atoms with van der Waals surface area (Å²) in [5, 5.41) is 5.05. The Kier molecular flexibility index (Phi) is 3.28. The van der Waals surface area contributed by atoms with Crippen LogP contribution in [0.3, 0.4) is 0 Å². The molecule has 0 radical (unpaired) electrons. The fraction of sp³-hybridized carbons (Fsp3) is 0.353. The van der Waals surface area contributed by atoms with E-state index in [1.807, 2.05) is 17.5 Å². The minimum Gasteiger partial charge on any atom is -0.331 e. The molecule has 1 aromatic carbocycles. The Morgan fingerprint density at radius 1 is 1.33 bits per heavy atom. The topological polar surface area (TPSA) is 29.9 Å². The van der Waals surface area contributed by atoms with E-state index in [2.05, 4.69) is 52.3 Å². The van der Waals surface area contributed by atoms with Crippen molar-refractivity contribution in [3.05, 3.63) is 52.9 Å². The van der Waals surface area contributed by atoms with Gasteiger partial charge in [-0.05, 0) is 36.8 Å². The maximum Gasteiger partial charge on any atom is 0.105 e. The van der Waals surface area contributed by atoms with Crippen molar-refractivity contribution in [3.63, 3.8) is 0 Å². The van der Waals surface area contributed by atoms with Crippen LogP contribution in [0, 0.1) is 6.92 Å². The van der Waals surface area contributed by atoms with E-state index in [0.29, 0.717) is 0 Å². The van der Waals surface area contributed by atoms with Crippen LogP contribution in [0.4, 0.5) is 0 Å². The molecule has 1 fully saturated rings. The van der Waals surface area contributed by atoms with Crippen molar-refractivity contribution in [2.75, 3.05) is 0 Å². The predicted molar refractivity (Wildman–Crippen MR) is 87.8 cm³/mol. The van der Waals surface area contributed by atoms with Crippen molar-refractivity contribution < 1.29 is 0 Å². The molecule has 108 valence electrons. The van der Waals surface area contributed by atoms with Crippen LogP contribution < -0.4 is 5.32 Å². The molecule has 2 heterocycles. The number of aryl methyl sites for hydroxylation is 1. The van der Waals surface area contributed by atoms with E-state index >= 15 is 0 Å². The molecule has 1 N–H and O–H groups in total. The van der Waals surface area contributed by atoms with E-state index in [-0.39, 0.29) is 0 Å². The fourth-order valence-corrected chi connectivity index (χ4v) is 3.90. The first-order chi connectivity index (χ1) is 10.3. The summed E-state index contributed by atoms with van der Waals surface area (Å²) < 4.78 is 3.62. The van der Waals surface area contributed by atoms with Gasteiger partial charge >= 0.3 is 0 Å². The molecule has 21 heavy (non-hydrogen) atoms. The first kappa shape index (κ1) is 13.0. The Labute approximate surface area is 128 Å². The van der Waals surface area contributed by atoms with Gasteiger partial charge in [0.25, 0.3) is 0 Å². The summed E-state index contributed by atoms with van der Waals surface area (Å²) in [4.78, 5) is 5.81. The summed E-state index contributed by atoms with van der Waals surface area (Å²) in [7, 11) is 0. The Morgan fingerprint density at radius 3 is 2.95 bits per heavy atom. The second kappa shape index (κ2) is 5.28. The first-order valence-corrected chi connectivity index (χ1v) is 8.33. The largest absolute Gasteiger partial charge is 0.331 e. The molecule has 1 saturated carbocycles. The van der Waals surface area contributed by atoms with Crippen molar-refractivity contribution in [2.45, 2.75) is 38.9 Å². The van der Waals surface area contributed by atoms with Crippen LogP contribution in [0.1, 0.15) is 29.1 Å². The number of nitrogens with zero attached hydrogens (tertiary/aromatic N) is 2. The van der Waals surface area contributed by atoms with Gasteiger partial charge in [0, 0.05) is 34.6 Å². The average molecular weight is 297 g/mol. The number of thiophene rings is 1. The van der Waals surface area contributed by atoms with E-state index < -0.39 is 0 Å². The number of hydrogen-bond acceptors (Lipinski definition) is 3. The summed E-state index contributed by atoms with van der Waals surface area (Å²) in [6.45, 7) is 3.97. The third-order valence-corrected chi connectivity index (χ3v) is 5.38. The Bertz CT molecular complexity index is 767. The van der Waals surface area contributed by atoms with Gasteiger partial charge in [-0.1, -0.05) is 18.2 Å². The van der Waals surface area contributed by atoms with E-state index in [9.17, 15) is 0 Å². The zero-order valence-corrected chi connectivity index (χ0v) is 13.0.